The molecule has 0 aromatic heterocycles. The molecule has 1 heterocycles. The van der Waals surface area contributed by atoms with Gasteiger partial charge >= 0.3 is 6.92 Å². The topological polar surface area (TPSA) is 46.5 Å². The first-order chi connectivity index (χ1) is 8.63. The lowest BCUT2D eigenvalue weighted by Crippen LogP contribution is -2.22. The summed E-state index contributed by atoms with van der Waals surface area (Å²) < 4.78 is 17.3. The molecule has 3 rings (SSSR count). The van der Waals surface area contributed by atoms with Crippen molar-refractivity contribution >= 4 is 32.4 Å². The summed E-state index contributed by atoms with van der Waals surface area (Å²) in [5, 5.41) is 0.553. The highest BCUT2D eigenvalue weighted by Crippen LogP contribution is 2.61. The summed E-state index contributed by atoms with van der Waals surface area (Å²) in [6.45, 7) is -3.27. The summed E-state index contributed by atoms with van der Waals surface area (Å²) in [5.41, 5.74) is 1.73. The Morgan fingerprint density at radius 3 is 2.39 bits per heavy atom. The predicted octanol–water partition coefficient (Wildman–Crippen LogP) is 2.55. The van der Waals surface area contributed by atoms with Crippen LogP contribution in [-0.2, 0) is 24.4 Å². The largest absolute Gasteiger partial charge is 0.406 e. The van der Waals surface area contributed by atoms with Crippen molar-refractivity contribution < 1.29 is 13.6 Å². The van der Waals surface area contributed by atoms with Gasteiger partial charge in [0, 0.05) is 20.1 Å². The first kappa shape index (κ1) is 12.1. The summed E-state index contributed by atoms with van der Waals surface area (Å²) in [4.78, 5) is 10.5. The van der Waals surface area contributed by atoms with E-state index in [1.54, 1.807) is 18.2 Å². The number of para-hydroxylation sites is 1. The van der Waals surface area contributed by atoms with Crippen LogP contribution in [0.4, 0.5) is 0 Å². The van der Waals surface area contributed by atoms with Crippen LogP contribution in [0.5, 0.6) is 5.75 Å². The minimum absolute atomic E-state index is 0.533. The zero-order valence-electron chi connectivity index (χ0n) is 9.15. The number of hydrogen-bond donors (Lipinski definition) is 1. The van der Waals surface area contributed by atoms with Gasteiger partial charge in [0.25, 0.3) is 0 Å². The van der Waals surface area contributed by atoms with Gasteiger partial charge in [0.05, 0.1) is 0 Å². The van der Waals surface area contributed by atoms with E-state index in [0.29, 0.717) is 11.1 Å². The minimum Gasteiger partial charge on any atom is -0.406 e. The van der Waals surface area contributed by atoms with Crippen LogP contribution in [0.2, 0.25) is 0 Å². The Labute approximate surface area is 111 Å². The molecule has 2 aromatic carbocycles. The highest BCUT2D eigenvalue weighted by atomic mass is 33.1. The van der Waals surface area contributed by atoms with Crippen LogP contribution in [0.15, 0.2) is 48.5 Å². The number of benzene rings is 2. The van der Waals surface area contributed by atoms with Gasteiger partial charge in [-0.25, -0.2) is 4.89 Å². The quantitative estimate of drug-likeness (QED) is 0.649. The van der Waals surface area contributed by atoms with Crippen molar-refractivity contribution in [2.24, 2.45) is 0 Å². The van der Waals surface area contributed by atoms with Crippen LogP contribution in [0.1, 0.15) is 0 Å². The van der Waals surface area contributed by atoms with Crippen molar-refractivity contribution in [3.05, 3.63) is 48.5 Å². The maximum Gasteiger partial charge on any atom is 0.314 e. The molecule has 0 spiro atoms. The van der Waals surface area contributed by atoms with Crippen LogP contribution < -0.4 is 9.83 Å². The van der Waals surface area contributed by atoms with Gasteiger partial charge in [-0.2, -0.15) is 11.2 Å². The molecule has 0 fully saturated rings. The fourth-order valence-electron chi connectivity index (χ4n) is 2.01. The van der Waals surface area contributed by atoms with Gasteiger partial charge in [0.15, 0.2) is 11.1 Å². The smallest absolute Gasteiger partial charge is 0.314 e. The normalized spacial score (nSPS) is 21.0. The van der Waals surface area contributed by atoms with Crippen molar-refractivity contribution in [1.82, 2.24) is 0 Å². The van der Waals surface area contributed by atoms with E-state index in [4.69, 9.17) is 15.7 Å². The van der Waals surface area contributed by atoms with Crippen LogP contribution in [-0.4, -0.2) is 4.89 Å². The first-order valence-corrected chi connectivity index (χ1v) is 9.57. The highest BCUT2D eigenvalue weighted by molar-refractivity contribution is 8.64. The van der Waals surface area contributed by atoms with Gasteiger partial charge in [-0.05, 0) is 12.1 Å². The maximum atomic E-state index is 11.7. The van der Waals surface area contributed by atoms with E-state index >= 15 is 0 Å². The molecule has 0 amide bonds. The maximum absolute atomic E-state index is 11.7. The lowest BCUT2D eigenvalue weighted by Gasteiger charge is -2.28. The number of hydrogen-bond acceptors (Lipinski definition) is 5. The highest BCUT2D eigenvalue weighted by Gasteiger charge is 2.43. The fourth-order valence-corrected chi connectivity index (χ4v) is 5.91. The van der Waals surface area contributed by atoms with E-state index in [-0.39, 0.29) is 0 Å². The van der Waals surface area contributed by atoms with Crippen LogP contribution in [0.3, 0.4) is 0 Å². The molecular formula is C12H9O3PS2. The Morgan fingerprint density at radius 1 is 1.06 bits per heavy atom. The van der Waals surface area contributed by atoms with Gasteiger partial charge in [0.2, 0.25) is 0 Å². The third-order valence-corrected chi connectivity index (χ3v) is 8.50. The first-order valence-electron chi connectivity index (χ1n) is 5.23. The van der Waals surface area contributed by atoms with Crippen molar-refractivity contribution in [2.75, 3.05) is 0 Å². The molecule has 0 saturated carbocycles. The molecule has 1 aliphatic rings. The molecule has 92 valence electrons. The average Bonchev–Trinajstić information content (AvgIpc) is 2.39. The molecule has 3 nitrogen and oxygen atoms in total. The van der Waals surface area contributed by atoms with Crippen LogP contribution in [0, 0.1) is 0 Å². The van der Waals surface area contributed by atoms with E-state index < -0.39 is 15.9 Å². The lowest BCUT2D eigenvalue weighted by atomic mass is 10.0. The van der Waals surface area contributed by atoms with E-state index in [2.05, 4.69) is 0 Å². The van der Waals surface area contributed by atoms with E-state index in [0.717, 1.165) is 11.1 Å². The molecule has 1 N–H and O–H groups in total. The minimum atomic E-state index is -3.27. The number of rotatable bonds is 1. The molecule has 18 heavy (non-hydrogen) atoms. The van der Waals surface area contributed by atoms with Crippen molar-refractivity contribution in [3.63, 3.8) is 0 Å². The van der Waals surface area contributed by atoms with Crippen molar-refractivity contribution in [3.8, 4) is 16.9 Å². The molecular weight excluding hydrogens is 287 g/mol. The predicted molar refractivity (Wildman–Crippen MR) is 76.7 cm³/mol. The van der Waals surface area contributed by atoms with E-state index in [1.807, 2.05) is 30.3 Å². The number of fused-ring (bicyclic) bond motifs is 3. The second-order valence-corrected chi connectivity index (χ2v) is 10.1. The monoisotopic (exact) mass is 296 g/mol. The second-order valence-electron chi connectivity index (χ2n) is 3.84. The van der Waals surface area contributed by atoms with Crippen molar-refractivity contribution in [1.29, 1.82) is 0 Å². The van der Waals surface area contributed by atoms with Crippen LogP contribution >= 0.6 is 6.92 Å². The summed E-state index contributed by atoms with van der Waals surface area (Å²) in [6, 6.07) is 14.6. The third-order valence-electron chi connectivity index (χ3n) is 2.81. The standard InChI is InChI=1S/C12H9O3PS2/c13-16(18(14)17)12-8-4-2-6-10(12)9-5-1-3-7-11(9)15-16/h1-8,13H. The Morgan fingerprint density at radius 2 is 1.67 bits per heavy atom. The molecule has 0 aliphatic carbocycles. The molecule has 0 saturated heterocycles. The van der Waals surface area contributed by atoms with E-state index in [9.17, 15) is 9.10 Å². The molecule has 0 radical (unpaired) electrons. The van der Waals surface area contributed by atoms with Crippen LogP contribution in [0.25, 0.3) is 11.1 Å². The summed E-state index contributed by atoms with van der Waals surface area (Å²) in [6.07, 6.45) is 0. The Bertz CT molecular complexity index is 691. The molecule has 1 aliphatic heterocycles. The fraction of sp³-hybridized carbons (Fsp3) is 0. The Hall–Kier alpha value is -1.00. The lowest BCUT2D eigenvalue weighted by molar-refractivity contribution is 0.486. The zero-order chi connectivity index (χ0) is 12.8. The summed E-state index contributed by atoms with van der Waals surface area (Å²) in [5.74, 6) is 0.533. The third kappa shape index (κ3) is 1.67. The molecule has 1 atom stereocenters. The zero-order valence-corrected chi connectivity index (χ0v) is 11.7. The van der Waals surface area contributed by atoms with Gasteiger partial charge in [0.1, 0.15) is 0 Å². The second kappa shape index (κ2) is 4.28. The van der Waals surface area contributed by atoms with Gasteiger partial charge in [-0.15, -0.1) is 0 Å². The Balaban J connectivity index is 2.36. The Kier molecular flexibility index (Phi) is 2.87. The molecule has 1 unspecified atom stereocenters. The summed E-state index contributed by atoms with van der Waals surface area (Å²) in [7, 11) is -1.86. The molecule has 6 heteroatoms. The van der Waals surface area contributed by atoms with Gasteiger partial charge in [-0.3, -0.25) is 0 Å². The molecule has 2 aromatic rings. The van der Waals surface area contributed by atoms with Crippen molar-refractivity contribution in [2.45, 2.75) is 0 Å². The van der Waals surface area contributed by atoms with Gasteiger partial charge in [-0.1, -0.05) is 36.4 Å². The SMILES string of the molecule is O=[S-](=S)[P+]1(O)Oc2ccccc2-c2ccccc21. The molecule has 0 bridgehead atoms. The van der Waals surface area contributed by atoms with Gasteiger partial charge < -0.3 is 8.73 Å². The average molecular weight is 296 g/mol. The summed E-state index contributed by atoms with van der Waals surface area (Å²) >= 11 is 4.76. The van der Waals surface area contributed by atoms with E-state index in [1.165, 1.54) is 0 Å².